The molecule has 4 aromatic rings. The third kappa shape index (κ3) is 7.36. The van der Waals surface area contributed by atoms with E-state index in [0.717, 1.165) is 11.1 Å². The smallest absolute Gasteiger partial charge is 0.261 e. The summed E-state index contributed by atoms with van der Waals surface area (Å²) in [5, 5.41) is 14.1. The van der Waals surface area contributed by atoms with E-state index in [2.05, 4.69) is 69.3 Å². The molecule has 2 atom stereocenters. The van der Waals surface area contributed by atoms with Gasteiger partial charge in [-0.1, -0.05) is 142 Å². The van der Waals surface area contributed by atoms with Crippen molar-refractivity contribution in [1.29, 1.82) is 0 Å². The van der Waals surface area contributed by atoms with Crippen molar-refractivity contribution >= 4 is 18.7 Å². The van der Waals surface area contributed by atoms with Crippen LogP contribution >= 0.6 is 0 Å². The standard InChI is InChI=1S/C35H42O4Si/c1-34(2,3)40(31-21-13-7-14-22-31,32-23-15-8-16-24-32)39-28-35(4,36)33(38-26-30-19-11-6-12-20-30)27-37-25-29-17-9-5-10-18-29/h5-24,33,36H,25-28H2,1-4H3/t33-,35-/m0/s1. The van der Waals surface area contributed by atoms with E-state index in [1.165, 1.54) is 10.4 Å². The Hall–Kier alpha value is -3.06. The summed E-state index contributed by atoms with van der Waals surface area (Å²) in [7, 11) is -2.83. The highest BCUT2D eigenvalue weighted by Gasteiger charge is 2.51. The largest absolute Gasteiger partial charge is 0.404 e. The van der Waals surface area contributed by atoms with Crippen LogP contribution in [0.1, 0.15) is 38.8 Å². The van der Waals surface area contributed by atoms with Crippen LogP contribution in [0.3, 0.4) is 0 Å². The summed E-state index contributed by atoms with van der Waals surface area (Å²) >= 11 is 0. The number of benzene rings is 4. The van der Waals surface area contributed by atoms with Gasteiger partial charge in [-0.15, -0.1) is 0 Å². The number of hydrogen-bond acceptors (Lipinski definition) is 4. The predicted molar refractivity (Wildman–Crippen MR) is 165 cm³/mol. The van der Waals surface area contributed by atoms with Crippen molar-refractivity contribution in [1.82, 2.24) is 0 Å². The Morgan fingerprint density at radius 1 is 0.625 bits per heavy atom. The highest BCUT2D eigenvalue weighted by Crippen LogP contribution is 2.37. The zero-order chi connectivity index (χ0) is 28.5. The number of rotatable bonds is 13. The second kappa shape index (κ2) is 13.5. The Morgan fingerprint density at radius 2 is 1.05 bits per heavy atom. The van der Waals surface area contributed by atoms with E-state index in [-0.39, 0.29) is 18.3 Å². The first-order valence-electron chi connectivity index (χ1n) is 14.0. The minimum atomic E-state index is -2.83. The fraction of sp³-hybridized carbons (Fsp3) is 0.314. The van der Waals surface area contributed by atoms with Gasteiger partial charge in [0.25, 0.3) is 8.32 Å². The summed E-state index contributed by atoms with van der Waals surface area (Å²) < 4.78 is 19.5. The van der Waals surface area contributed by atoms with Gasteiger partial charge in [-0.3, -0.25) is 0 Å². The molecule has 210 valence electrons. The van der Waals surface area contributed by atoms with Crippen molar-refractivity contribution in [3.8, 4) is 0 Å². The zero-order valence-electron chi connectivity index (χ0n) is 24.1. The van der Waals surface area contributed by atoms with Crippen LogP contribution in [0.2, 0.25) is 5.04 Å². The van der Waals surface area contributed by atoms with Crippen LogP contribution in [0.5, 0.6) is 0 Å². The lowest BCUT2D eigenvalue weighted by atomic mass is 10.0. The van der Waals surface area contributed by atoms with Gasteiger partial charge in [0.2, 0.25) is 0 Å². The molecule has 0 unspecified atom stereocenters. The summed E-state index contributed by atoms with van der Waals surface area (Å²) in [5.74, 6) is 0. The fourth-order valence-electron chi connectivity index (χ4n) is 5.15. The molecule has 40 heavy (non-hydrogen) atoms. The van der Waals surface area contributed by atoms with Gasteiger partial charge >= 0.3 is 0 Å². The molecule has 0 saturated heterocycles. The molecular formula is C35H42O4Si. The maximum absolute atomic E-state index is 12.0. The molecule has 1 N–H and O–H groups in total. The van der Waals surface area contributed by atoms with Gasteiger partial charge in [-0.2, -0.15) is 0 Å². The monoisotopic (exact) mass is 554 g/mol. The predicted octanol–water partition coefficient (Wildman–Crippen LogP) is 6.12. The average molecular weight is 555 g/mol. The molecule has 0 radical (unpaired) electrons. The molecule has 0 aliphatic carbocycles. The molecule has 0 aliphatic heterocycles. The van der Waals surface area contributed by atoms with Crippen LogP contribution in [0.15, 0.2) is 121 Å². The molecule has 5 heteroatoms. The van der Waals surface area contributed by atoms with E-state index < -0.39 is 20.0 Å². The van der Waals surface area contributed by atoms with Crippen LogP contribution in [-0.4, -0.2) is 38.3 Å². The Kier molecular flexibility index (Phi) is 10.1. The molecule has 4 rings (SSSR count). The Bertz CT molecular complexity index is 1230. The summed E-state index contributed by atoms with van der Waals surface area (Å²) in [5.41, 5.74) is 0.810. The minimum Gasteiger partial charge on any atom is -0.404 e. The molecule has 4 aromatic carbocycles. The second-order valence-electron chi connectivity index (χ2n) is 11.6. The molecule has 4 nitrogen and oxygen atoms in total. The highest BCUT2D eigenvalue weighted by molar-refractivity contribution is 6.99. The number of aliphatic hydroxyl groups is 1. The van der Waals surface area contributed by atoms with Crippen molar-refractivity contribution in [2.24, 2.45) is 0 Å². The first kappa shape index (κ1) is 29.9. The van der Waals surface area contributed by atoms with E-state index in [4.69, 9.17) is 13.9 Å². The molecule has 0 spiro atoms. The average Bonchev–Trinajstić information content (AvgIpc) is 2.96. The first-order valence-corrected chi connectivity index (χ1v) is 15.9. The normalized spacial score (nSPS) is 14.4. The van der Waals surface area contributed by atoms with E-state index in [1.807, 2.05) is 72.8 Å². The first-order chi connectivity index (χ1) is 19.2. The molecule has 0 aromatic heterocycles. The van der Waals surface area contributed by atoms with Crippen LogP contribution in [0.4, 0.5) is 0 Å². The highest BCUT2D eigenvalue weighted by atomic mass is 28.4. The van der Waals surface area contributed by atoms with Crippen molar-refractivity contribution in [3.05, 3.63) is 132 Å². The Labute approximate surface area is 240 Å². The van der Waals surface area contributed by atoms with Gasteiger partial charge in [0.15, 0.2) is 0 Å². The van der Waals surface area contributed by atoms with Gasteiger partial charge in [0, 0.05) is 0 Å². The SMILES string of the molecule is CC(C)(C)[Si](OC[C@](C)(O)[C@H](COCc1ccccc1)OCc1ccccc1)(c1ccccc1)c1ccccc1. The maximum atomic E-state index is 12.0. The summed E-state index contributed by atoms with van der Waals surface area (Å²) in [4.78, 5) is 0. The molecular weight excluding hydrogens is 512 g/mol. The van der Waals surface area contributed by atoms with Crippen molar-refractivity contribution in [3.63, 3.8) is 0 Å². The zero-order valence-corrected chi connectivity index (χ0v) is 25.1. The molecule has 0 heterocycles. The van der Waals surface area contributed by atoms with Crippen LogP contribution in [-0.2, 0) is 27.1 Å². The summed E-state index contributed by atoms with van der Waals surface area (Å²) in [6, 6.07) is 41.0. The van der Waals surface area contributed by atoms with Gasteiger partial charge in [-0.25, -0.2) is 0 Å². The van der Waals surface area contributed by atoms with Gasteiger partial charge in [-0.05, 0) is 33.5 Å². The van der Waals surface area contributed by atoms with E-state index in [1.54, 1.807) is 6.92 Å². The third-order valence-corrected chi connectivity index (χ3v) is 12.3. The van der Waals surface area contributed by atoms with Gasteiger partial charge < -0.3 is 19.0 Å². The fourth-order valence-corrected chi connectivity index (χ4v) is 9.81. The van der Waals surface area contributed by atoms with Crippen molar-refractivity contribution < 1.29 is 19.0 Å². The number of hydrogen-bond donors (Lipinski definition) is 1. The number of ether oxygens (including phenoxy) is 2. The summed E-state index contributed by atoms with van der Waals surface area (Å²) in [6.45, 7) is 9.66. The van der Waals surface area contributed by atoms with Crippen LogP contribution in [0.25, 0.3) is 0 Å². The van der Waals surface area contributed by atoms with Gasteiger partial charge in [0.05, 0.1) is 26.4 Å². The van der Waals surface area contributed by atoms with Crippen molar-refractivity contribution in [2.75, 3.05) is 13.2 Å². The third-order valence-electron chi connectivity index (χ3n) is 7.37. The van der Waals surface area contributed by atoms with Gasteiger partial charge in [0.1, 0.15) is 11.7 Å². The molecule has 0 amide bonds. The molecule has 0 aliphatic rings. The topological polar surface area (TPSA) is 47.9 Å². The molecule has 0 bridgehead atoms. The lowest BCUT2D eigenvalue weighted by Gasteiger charge is -2.45. The lowest BCUT2D eigenvalue weighted by Crippen LogP contribution is -2.68. The Morgan fingerprint density at radius 3 is 1.50 bits per heavy atom. The molecule has 0 saturated carbocycles. The summed E-state index contributed by atoms with van der Waals surface area (Å²) in [6.07, 6.45) is -0.602. The van der Waals surface area contributed by atoms with E-state index >= 15 is 0 Å². The maximum Gasteiger partial charge on any atom is 0.261 e. The minimum absolute atomic E-state index is 0.106. The van der Waals surface area contributed by atoms with Crippen LogP contribution in [0, 0.1) is 0 Å². The van der Waals surface area contributed by atoms with Crippen molar-refractivity contribution in [2.45, 2.75) is 57.7 Å². The quantitative estimate of drug-likeness (QED) is 0.203. The van der Waals surface area contributed by atoms with E-state index in [9.17, 15) is 5.11 Å². The second-order valence-corrected chi connectivity index (χ2v) is 15.9. The van der Waals surface area contributed by atoms with Crippen LogP contribution < -0.4 is 10.4 Å². The van der Waals surface area contributed by atoms with E-state index in [0.29, 0.717) is 13.2 Å². The lowest BCUT2D eigenvalue weighted by molar-refractivity contribution is -0.150. The molecule has 0 fully saturated rings. The Balaban J connectivity index is 1.60.